The first-order valence-corrected chi connectivity index (χ1v) is 5.67. The fourth-order valence-corrected chi connectivity index (χ4v) is 1.34. The van der Waals surface area contributed by atoms with Crippen LogP contribution in [0, 0.1) is 0 Å². The lowest BCUT2D eigenvalue weighted by atomic mass is 10.2. The van der Waals surface area contributed by atoms with Gasteiger partial charge in [-0.15, -0.1) is 0 Å². The summed E-state index contributed by atoms with van der Waals surface area (Å²) in [5, 5.41) is 6.07. The Bertz CT molecular complexity index is 234. The highest BCUT2D eigenvalue weighted by atomic mass is 16.6. The number of rotatable bonds is 4. The molecule has 16 heavy (non-hydrogen) atoms. The van der Waals surface area contributed by atoms with Gasteiger partial charge in [0.25, 0.3) is 0 Å². The molecule has 0 bridgehead atoms. The third kappa shape index (κ3) is 5.32. The average Bonchev–Trinajstić information content (AvgIpc) is 2.05. The third-order valence-corrected chi connectivity index (χ3v) is 2.11. The Morgan fingerprint density at radius 1 is 1.50 bits per heavy atom. The zero-order valence-corrected chi connectivity index (χ0v) is 10.5. The Morgan fingerprint density at radius 3 is 2.56 bits per heavy atom. The molecule has 1 amide bonds. The highest BCUT2D eigenvalue weighted by Crippen LogP contribution is 2.06. The van der Waals surface area contributed by atoms with Crippen molar-refractivity contribution in [2.75, 3.05) is 19.8 Å². The molecule has 5 heteroatoms. The lowest BCUT2D eigenvalue weighted by molar-refractivity contribution is -0.00924. The van der Waals surface area contributed by atoms with Crippen molar-refractivity contribution in [1.29, 1.82) is 0 Å². The molecule has 0 radical (unpaired) electrons. The second-order valence-corrected chi connectivity index (χ2v) is 5.18. The van der Waals surface area contributed by atoms with Crippen molar-refractivity contribution in [2.24, 2.45) is 0 Å². The number of ether oxygens (including phenoxy) is 2. The fraction of sp³-hybridized carbons (Fsp3) is 0.909. The van der Waals surface area contributed by atoms with Gasteiger partial charge in [0.2, 0.25) is 0 Å². The number of hydrogen-bond donors (Lipinski definition) is 2. The molecule has 1 rings (SSSR count). The Labute approximate surface area is 96.9 Å². The Hall–Kier alpha value is -0.810. The second kappa shape index (κ2) is 5.50. The van der Waals surface area contributed by atoms with Crippen LogP contribution in [0.15, 0.2) is 0 Å². The predicted molar refractivity (Wildman–Crippen MR) is 61.4 cm³/mol. The van der Waals surface area contributed by atoms with Gasteiger partial charge in [-0.1, -0.05) is 0 Å². The first-order valence-electron chi connectivity index (χ1n) is 5.67. The van der Waals surface area contributed by atoms with Gasteiger partial charge in [0.15, 0.2) is 0 Å². The van der Waals surface area contributed by atoms with Crippen LogP contribution in [0.5, 0.6) is 0 Å². The summed E-state index contributed by atoms with van der Waals surface area (Å²) in [6.07, 6.45) is -0.369. The molecule has 1 fully saturated rings. The van der Waals surface area contributed by atoms with Gasteiger partial charge in [-0.3, -0.25) is 0 Å². The summed E-state index contributed by atoms with van der Waals surface area (Å²) in [5.74, 6) is 0. The zero-order chi connectivity index (χ0) is 12.2. The van der Waals surface area contributed by atoms with Gasteiger partial charge in [-0.05, 0) is 27.7 Å². The van der Waals surface area contributed by atoms with Crippen molar-refractivity contribution < 1.29 is 14.3 Å². The third-order valence-electron chi connectivity index (χ3n) is 2.11. The maximum atomic E-state index is 11.3. The molecule has 1 aliphatic rings. The van der Waals surface area contributed by atoms with Crippen LogP contribution in [0.2, 0.25) is 0 Å². The topological polar surface area (TPSA) is 59.6 Å². The van der Waals surface area contributed by atoms with Crippen LogP contribution < -0.4 is 10.6 Å². The van der Waals surface area contributed by atoms with Crippen LogP contribution in [0.3, 0.4) is 0 Å². The van der Waals surface area contributed by atoms with E-state index < -0.39 is 5.60 Å². The van der Waals surface area contributed by atoms with Gasteiger partial charge in [0.1, 0.15) is 5.60 Å². The fourth-order valence-electron chi connectivity index (χ4n) is 1.34. The number of hydrogen-bond acceptors (Lipinski definition) is 4. The van der Waals surface area contributed by atoms with Crippen LogP contribution in [0.25, 0.3) is 0 Å². The molecule has 2 N–H and O–H groups in total. The van der Waals surface area contributed by atoms with Crippen molar-refractivity contribution >= 4 is 6.09 Å². The van der Waals surface area contributed by atoms with Crippen LogP contribution in [0.1, 0.15) is 27.7 Å². The molecule has 1 heterocycles. The van der Waals surface area contributed by atoms with E-state index in [4.69, 9.17) is 9.47 Å². The van der Waals surface area contributed by atoms with Crippen molar-refractivity contribution in [3.05, 3.63) is 0 Å². The molecule has 1 saturated heterocycles. The van der Waals surface area contributed by atoms with Crippen LogP contribution >= 0.6 is 0 Å². The normalized spacial score (nSPS) is 18.8. The molecule has 1 atom stereocenters. The summed E-state index contributed by atoms with van der Waals surface area (Å²) in [7, 11) is 0. The monoisotopic (exact) mass is 230 g/mol. The second-order valence-electron chi connectivity index (χ2n) is 5.18. The molecule has 0 aromatic rings. The molecule has 0 aliphatic carbocycles. The molecule has 1 aliphatic heterocycles. The van der Waals surface area contributed by atoms with Gasteiger partial charge in [-0.25, -0.2) is 4.79 Å². The summed E-state index contributed by atoms with van der Waals surface area (Å²) >= 11 is 0. The van der Waals surface area contributed by atoms with Gasteiger partial charge < -0.3 is 20.1 Å². The molecule has 5 nitrogen and oxygen atoms in total. The van der Waals surface area contributed by atoms with Crippen molar-refractivity contribution in [3.8, 4) is 0 Å². The van der Waals surface area contributed by atoms with Gasteiger partial charge in [0.05, 0.1) is 19.3 Å². The molecular weight excluding hydrogens is 208 g/mol. The van der Waals surface area contributed by atoms with Gasteiger partial charge in [-0.2, -0.15) is 0 Å². The Balaban J connectivity index is 2.10. The van der Waals surface area contributed by atoms with E-state index in [0.29, 0.717) is 12.6 Å². The Morgan fingerprint density at radius 2 is 2.12 bits per heavy atom. The SMILES string of the molecule is CC(CNC(=O)OC(C)(C)C)NC1COC1. The van der Waals surface area contributed by atoms with Gasteiger partial charge >= 0.3 is 6.09 Å². The van der Waals surface area contributed by atoms with Crippen LogP contribution in [-0.2, 0) is 9.47 Å². The largest absolute Gasteiger partial charge is 0.444 e. The van der Waals surface area contributed by atoms with E-state index in [9.17, 15) is 4.79 Å². The molecule has 0 saturated carbocycles. The highest BCUT2D eigenvalue weighted by molar-refractivity contribution is 5.67. The maximum Gasteiger partial charge on any atom is 0.407 e. The minimum absolute atomic E-state index is 0.224. The van der Waals surface area contributed by atoms with E-state index in [0.717, 1.165) is 13.2 Å². The number of amides is 1. The lowest BCUT2D eigenvalue weighted by Crippen LogP contribution is -2.52. The molecule has 1 unspecified atom stereocenters. The van der Waals surface area contributed by atoms with Crippen molar-refractivity contribution in [2.45, 2.75) is 45.4 Å². The molecular formula is C11H22N2O3. The van der Waals surface area contributed by atoms with E-state index in [1.165, 1.54) is 0 Å². The van der Waals surface area contributed by atoms with Crippen LogP contribution in [-0.4, -0.2) is 43.5 Å². The zero-order valence-electron chi connectivity index (χ0n) is 10.5. The van der Waals surface area contributed by atoms with Gasteiger partial charge in [0, 0.05) is 12.6 Å². The number of nitrogens with one attached hydrogen (secondary N) is 2. The van der Waals surface area contributed by atoms with E-state index in [-0.39, 0.29) is 12.1 Å². The highest BCUT2D eigenvalue weighted by Gasteiger charge is 2.21. The molecule has 0 spiro atoms. The molecule has 0 aromatic heterocycles. The van der Waals surface area contributed by atoms with E-state index in [1.54, 1.807) is 0 Å². The number of carbonyl (C=O) groups is 1. The molecule has 0 aromatic carbocycles. The maximum absolute atomic E-state index is 11.3. The van der Waals surface area contributed by atoms with E-state index >= 15 is 0 Å². The predicted octanol–water partition coefficient (Wildman–Crippen LogP) is 0.888. The van der Waals surface area contributed by atoms with Crippen LogP contribution in [0.4, 0.5) is 4.79 Å². The number of carbonyl (C=O) groups excluding carboxylic acids is 1. The lowest BCUT2D eigenvalue weighted by Gasteiger charge is -2.30. The van der Waals surface area contributed by atoms with Crippen molar-refractivity contribution in [1.82, 2.24) is 10.6 Å². The van der Waals surface area contributed by atoms with E-state index in [1.807, 2.05) is 27.7 Å². The average molecular weight is 230 g/mol. The molecule has 94 valence electrons. The Kier molecular flexibility index (Phi) is 4.56. The van der Waals surface area contributed by atoms with E-state index in [2.05, 4.69) is 10.6 Å². The standard InChI is InChI=1S/C11H22N2O3/c1-8(13-9-6-15-7-9)5-12-10(14)16-11(2,3)4/h8-9,13H,5-7H2,1-4H3,(H,12,14). The quantitative estimate of drug-likeness (QED) is 0.753. The smallest absolute Gasteiger partial charge is 0.407 e. The summed E-state index contributed by atoms with van der Waals surface area (Å²) in [6.45, 7) is 9.65. The summed E-state index contributed by atoms with van der Waals surface area (Å²) in [5.41, 5.74) is -0.442. The minimum Gasteiger partial charge on any atom is -0.444 e. The minimum atomic E-state index is -0.442. The summed E-state index contributed by atoms with van der Waals surface area (Å²) in [6, 6.07) is 0.650. The number of alkyl carbamates (subject to hydrolysis) is 1. The first kappa shape index (κ1) is 13.3. The summed E-state index contributed by atoms with van der Waals surface area (Å²) < 4.78 is 10.2. The summed E-state index contributed by atoms with van der Waals surface area (Å²) in [4.78, 5) is 11.3. The van der Waals surface area contributed by atoms with Crippen molar-refractivity contribution in [3.63, 3.8) is 0 Å². The first-order chi connectivity index (χ1) is 7.37.